The summed E-state index contributed by atoms with van der Waals surface area (Å²) in [4.78, 5) is 16.1. The van der Waals surface area contributed by atoms with E-state index in [0.717, 1.165) is 17.9 Å². The summed E-state index contributed by atoms with van der Waals surface area (Å²) in [6.07, 6.45) is 3.26. The summed E-state index contributed by atoms with van der Waals surface area (Å²) in [7, 11) is 0. The first-order valence-electron chi connectivity index (χ1n) is 6.83. The first-order chi connectivity index (χ1) is 10.6. The molecule has 1 amide bonds. The molecule has 0 atom stereocenters. The second-order valence-corrected chi connectivity index (χ2v) is 5.86. The molecule has 0 aromatic heterocycles. The summed E-state index contributed by atoms with van der Waals surface area (Å²) < 4.78 is 12.9. The molecule has 0 aliphatic carbocycles. The molecule has 1 aromatic carbocycles. The quantitative estimate of drug-likeness (QED) is 0.870. The van der Waals surface area contributed by atoms with Gasteiger partial charge in [0.25, 0.3) is 5.91 Å². The molecule has 7 heteroatoms. The summed E-state index contributed by atoms with van der Waals surface area (Å²) in [5.41, 5.74) is 0.787. The molecule has 0 radical (unpaired) electrons. The average Bonchev–Trinajstić information content (AvgIpc) is 2.88. The van der Waals surface area contributed by atoms with Gasteiger partial charge in [0.1, 0.15) is 10.9 Å². The van der Waals surface area contributed by atoms with Gasteiger partial charge in [0.2, 0.25) is 5.17 Å². The van der Waals surface area contributed by atoms with Crippen molar-refractivity contribution in [1.29, 1.82) is 5.41 Å². The van der Waals surface area contributed by atoms with Crippen molar-refractivity contribution >= 4 is 39.8 Å². The summed E-state index contributed by atoms with van der Waals surface area (Å²) in [5, 5.41) is 15.2. The zero-order chi connectivity index (χ0) is 15.7. The number of hydrazone groups is 1. The maximum Gasteiger partial charge on any atom is 0.283 e. The fraction of sp³-hybridized carbons (Fsp3) is 0.200. The zero-order valence-electron chi connectivity index (χ0n) is 11.8. The molecule has 112 valence electrons. The number of halogens is 1. The number of aliphatic imine (C=N–C) groups is 1. The highest BCUT2D eigenvalue weighted by atomic mass is 32.2. The molecule has 22 heavy (non-hydrogen) atoms. The maximum atomic E-state index is 12.9. The van der Waals surface area contributed by atoms with E-state index in [1.165, 1.54) is 35.0 Å². The van der Waals surface area contributed by atoms with Crippen molar-refractivity contribution in [2.45, 2.75) is 19.8 Å². The van der Waals surface area contributed by atoms with Crippen LogP contribution in [-0.4, -0.2) is 27.0 Å². The largest absolute Gasteiger partial charge is 0.283 e. The van der Waals surface area contributed by atoms with Gasteiger partial charge in [-0.05, 0) is 48.4 Å². The predicted octanol–water partition coefficient (Wildman–Crippen LogP) is 3.24. The van der Waals surface area contributed by atoms with E-state index in [9.17, 15) is 9.18 Å². The van der Waals surface area contributed by atoms with E-state index in [1.807, 2.05) is 6.92 Å². The monoisotopic (exact) mass is 316 g/mol. The van der Waals surface area contributed by atoms with Crippen LogP contribution in [-0.2, 0) is 4.79 Å². The number of amides is 1. The first kappa shape index (κ1) is 14.6. The molecule has 5 nitrogen and oxygen atoms in total. The van der Waals surface area contributed by atoms with Crippen LogP contribution in [0.25, 0.3) is 6.08 Å². The van der Waals surface area contributed by atoms with Crippen LogP contribution < -0.4 is 0 Å². The molecule has 2 aliphatic rings. The van der Waals surface area contributed by atoms with E-state index in [0.29, 0.717) is 10.7 Å². The molecule has 0 bridgehead atoms. The number of amidine groups is 2. The highest BCUT2D eigenvalue weighted by Crippen LogP contribution is 2.29. The van der Waals surface area contributed by atoms with Crippen molar-refractivity contribution in [2.24, 2.45) is 10.1 Å². The van der Waals surface area contributed by atoms with Crippen molar-refractivity contribution in [2.75, 3.05) is 0 Å². The van der Waals surface area contributed by atoms with E-state index in [1.54, 1.807) is 12.1 Å². The number of fused-ring (bicyclic) bond motifs is 1. The SMILES string of the molecule is CCCC1=NN2C(=N)/C(=C\c3ccc(F)cc3)C(=O)N=C2S1. The molecular formula is C15H13FN4OS. The number of carbonyl (C=O) groups excluding carboxylic acids is 1. The number of benzene rings is 1. The van der Waals surface area contributed by atoms with E-state index < -0.39 is 5.91 Å². The lowest BCUT2D eigenvalue weighted by molar-refractivity contribution is -0.114. The fourth-order valence-electron chi connectivity index (χ4n) is 2.07. The second-order valence-electron chi connectivity index (χ2n) is 4.82. The van der Waals surface area contributed by atoms with Gasteiger partial charge in [0.05, 0.1) is 5.57 Å². The highest BCUT2D eigenvalue weighted by Gasteiger charge is 2.35. The number of rotatable bonds is 3. The molecule has 0 saturated heterocycles. The fourth-order valence-corrected chi connectivity index (χ4v) is 3.06. The lowest BCUT2D eigenvalue weighted by atomic mass is 10.1. The van der Waals surface area contributed by atoms with Gasteiger partial charge in [-0.25, -0.2) is 4.39 Å². The smallest absolute Gasteiger partial charge is 0.282 e. The number of carbonyl (C=O) groups is 1. The van der Waals surface area contributed by atoms with Crippen molar-refractivity contribution in [3.05, 3.63) is 41.2 Å². The molecule has 0 fully saturated rings. The van der Waals surface area contributed by atoms with Crippen LogP contribution in [0.2, 0.25) is 0 Å². The van der Waals surface area contributed by atoms with Crippen LogP contribution in [0.1, 0.15) is 25.3 Å². The van der Waals surface area contributed by atoms with Gasteiger partial charge in [0, 0.05) is 0 Å². The van der Waals surface area contributed by atoms with Crippen LogP contribution in [0.4, 0.5) is 4.39 Å². The molecule has 0 spiro atoms. The van der Waals surface area contributed by atoms with Gasteiger partial charge >= 0.3 is 0 Å². The third kappa shape index (κ3) is 2.71. The summed E-state index contributed by atoms with van der Waals surface area (Å²) in [5.74, 6) is -0.823. The van der Waals surface area contributed by atoms with Crippen LogP contribution in [0.5, 0.6) is 0 Å². The Morgan fingerprint density at radius 2 is 2.09 bits per heavy atom. The maximum absolute atomic E-state index is 12.9. The Kier molecular flexibility index (Phi) is 3.89. The Balaban J connectivity index is 1.93. The molecule has 1 N–H and O–H groups in total. The normalized spacial score (nSPS) is 19.4. The summed E-state index contributed by atoms with van der Waals surface area (Å²) >= 11 is 1.32. The Hall–Kier alpha value is -2.28. The molecule has 2 aliphatic heterocycles. The topological polar surface area (TPSA) is 68.9 Å². The van der Waals surface area contributed by atoms with E-state index in [4.69, 9.17) is 5.41 Å². The third-order valence-corrected chi connectivity index (χ3v) is 4.11. The van der Waals surface area contributed by atoms with Crippen molar-refractivity contribution in [1.82, 2.24) is 5.01 Å². The Labute approximate surface area is 131 Å². The van der Waals surface area contributed by atoms with Gasteiger partial charge < -0.3 is 0 Å². The van der Waals surface area contributed by atoms with Crippen LogP contribution >= 0.6 is 11.8 Å². The standard InChI is InChI=1S/C15H13FN4OS/c1-2-3-12-19-20-13(17)11(14(21)18-15(20)22-12)8-9-4-6-10(16)7-5-9/h4-8,17H,2-3H2,1H3/b11-8+,17-13?. The second kappa shape index (κ2) is 5.84. The lowest BCUT2D eigenvalue weighted by Gasteiger charge is -2.20. The molecular weight excluding hydrogens is 303 g/mol. The number of thioether (sulfide) groups is 1. The third-order valence-electron chi connectivity index (χ3n) is 3.14. The van der Waals surface area contributed by atoms with E-state index in [-0.39, 0.29) is 17.2 Å². The average molecular weight is 316 g/mol. The van der Waals surface area contributed by atoms with Crippen LogP contribution in [0, 0.1) is 11.2 Å². The van der Waals surface area contributed by atoms with Gasteiger partial charge in [0.15, 0.2) is 5.84 Å². The summed E-state index contributed by atoms with van der Waals surface area (Å²) in [6, 6.07) is 5.71. The number of hydrogen-bond donors (Lipinski definition) is 1. The zero-order valence-corrected chi connectivity index (χ0v) is 12.7. The summed E-state index contributed by atoms with van der Waals surface area (Å²) in [6.45, 7) is 2.04. The highest BCUT2D eigenvalue weighted by molar-refractivity contribution is 8.26. The minimum atomic E-state index is -0.471. The predicted molar refractivity (Wildman–Crippen MR) is 86.3 cm³/mol. The van der Waals surface area contributed by atoms with E-state index in [2.05, 4.69) is 10.1 Å². The lowest BCUT2D eigenvalue weighted by Crippen LogP contribution is -2.35. The van der Waals surface area contributed by atoms with Crippen molar-refractivity contribution < 1.29 is 9.18 Å². The van der Waals surface area contributed by atoms with Crippen LogP contribution in [0.3, 0.4) is 0 Å². The van der Waals surface area contributed by atoms with Gasteiger partial charge in [-0.3, -0.25) is 10.2 Å². The van der Waals surface area contributed by atoms with E-state index >= 15 is 0 Å². The number of nitrogens with one attached hydrogen (secondary N) is 1. The van der Waals surface area contributed by atoms with Gasteiger partial charge in [-0.15, -0.1) is 0 Å². The van der Waals surface area contributed by atoms with Gasteiger partial charge in [-0.1, -0.05) is 19.1 Å². The molecule has 0 saturated carbocycles. The Morgan fingerprint density at radius 3 is 2.77 bits per heavy atom. The van der Waals surface area contributed by atoms with Crippen molar-refractivity contribution in [3.63, 3.8) is 0 Å². The number of hydrogen-bond acceptors (Lipinski definition) is 4. The van der Waals surface area contributed by atoms with Crippen LogP contribution in [0.15, 0.2) is 39.9 Å². The number of nitrogens with zero attached hydrogens (tertiary/aromatic N) is 3. The molecule has 2 heterocycles. The van der Waals surface area contributed by atoms with Gasteiger partial charge in [-0.2, -0.15) is 15.1 Å². The molecule has 0 unspecified atom stereocenters. The minimum absolute atomic E-state index is 0.00192. The minimum Gasteiger partial charge on any atom is -0.282 e. The Bertz CT molecular complexity index is 736. The Morgan fingerprint density at radius 1 is 1.36 bits per heavy atom. The van der Waals surface area contributed by atoms with Crippen molar-refractivity contribution in [3.8, 4) is 0 Å². The molecule has 3 rings (SSSR count). The molecule has 1 aromatic rings. The first-order valence-corrected chi connectivity index (χ1v) is 7.65.